The molecule has 1 aromatic heterocycles. The van der Waals surface area contributed by atoms with Crippen molar-refractivity contribution in [2.45, 2.75) is 51.9 Å². The molecule has 0 spiro atoms. The van der Waals surface area contributed by atoms with E-state index in [4.69, 9.17) is 4.74 Å². The van der Waals surface area contributed by atoms with E-state index in [1.165, 1.54) is 5.56 Å². The van der Waals surface area contributed by atoms with Crippen molar-refractivity contribution in [3.8, 4) is 5.75 Å². The molecule has 0 unspecified atom stereocenters. The molecule has 2 heterocycles. The molecule has 1 aromatic carbocycles. The first-order valence-electron chi connectivity index (χ1n) is 10.1. The lowest BCUT2D eigenvalue weighted by atomic mass is 9.83. The monoisotopic (exact) mass is 366 g/mol. The number of likely N-dealkylation sites (tertiary alicyclic amines) is 1. The molecule has 1 N–H and O–H groups in total. The predicted molar refractivity (Wildman–Crippen MR) is 107 cm³/mol. The van der Waals surface area contributed by atoms with Crippen LogP contribution in [0.2, 0.25) is 0 Å². The van der Waals surface area contributed by atoms with E-state index in [1.54, 1.807) is 6.20 Å². The van der Waals surface area contributed by atoms with Gasteiger partial charge in [-0.3, -0.25) is 9.88 Å². The van der Waals surface area contributed by atoms with Crippen molar-refractivity contribution in [3.63, 3.8) is 0 Å². The predicted octanol–water partition coefficient (Wildman–Crippen LogP) is 3.91. The molecule has 0 amide bonds. The summed E-state index contributed by atoms with van der Waals surface area (Å²) in [5.41, 5.74) is 2.50. The normalized spacial score (nSPS) is 27.9. The van der Waals surface area contributed by atoms with E-state index in [9.17, 15) is 5.11 Å². The molecule has 2 aromatic rings. The van der Waals surface area contributed by atoms with Gasteiger partial charge in [-0.1, -0.05) is 18.2 Å². The average molecular weight is 367 g/mol. The third-order valence-electron chi connectivity index (χ3n) is 6.15. The van der Waals surface area contributed by atoms with Crippen molar-refractivity contribution in [2.75, 3.05) is 13.1 Å². The molecule has 27 heavy (non-hydrogen) atoms. The van der Waals surface area contributed by atoms with Crippen LogP contribution in [0.4, 0.5) is 0 Å². The van der Waals surface area contributed by atoms with Crippen molar-refractivity contribution in [1.82, 2.24) is 9.88 Å². The summed E-state index contributed by atoms with van der Waals surface area (Å²) in [7, 11) is 0. The number of aryl methyl sites for hydroxylation is 1. The van der Waals surface area contributed by atoms with Crippen LogP contribution in [0.15, 0.2) is 42.6 Å². The highest BCUT2D eigenvalue weighted by molar-refractivity contribution is 5.29. The molecular formula is C23H30N2O2. The van der Waals surface area contributed by atoms with Gasteiger partial charge < -0.3 is 9.84 Å². The van der Waals surface area contributed by atoms with Gasteiger partial charge in [-0.2, -0.15) is 0 Å². The van der Waals surface area contributed by atoms with Crippen LogP contribution in [0.3, 0.4) is 0 Å². The molecule has 1 saturated carbocycles. The van der Waals surface area contributed by atoms with Gasteiger partial charge >= 0.3 is 0 Å². The zero-order chi connectivity index (χ0) is 19.0. The summed E-state index contributed by atoms with van der Waals surface area (Å²) in [5.74, 6) is 1.75. The lowest BCUT2D eigenvalue weighted by Gasteiger charge is -2.31. The molecule has 0 radical (unpaired) electrons. The van der Waals surface area contributed by atoms with Crippen LogP contribution >= 0.6 is 0 Å². The number of aromatic nitrogens is 1. The van der Waals surface area contributed by atoms with Gasteiger partial charge in [-0.25, -0.2) is 0 Å². The van der Waals surface area contributed by atoms with Gasteiger partial charge in [0.15, 0.2) is 0 Å². The highest BCUT2D eigenvalue weighted by Gasteiger charge is 2.53. The maximum atomic E-state index is 11.5. The van der Waals surface area contributed by atoms with Crippen molar-refractivity contribution in [3.05, 3.63) is 59.4 Å². The fourth-order valence-corrected chi connectivity index (χ4v) is 4.95. The summed E-state index contributed by atoms with van der Waals surface area (Å²) in [4.78, 5) is 7.03. The molecule has 2 aliphatic rings. The quantitative estimate of drug-likeness (QED) is 0.872. The number of hydrogen-bond donors (Lipinski definition) is 1. The third kappa shape index (κ3) is 3.61. The number of fused-ring (bicyclic) bond motifs is 1. The maximum Gasteiger partial charge on any atom is 0.119 e. The van der Waals surface area contributed by atoms with Gasteiger partial charge in [0.1, 0.15) is 11.4 Å². The second kappa shape index (κ2) is 7.25. The second-order valence-electron chi connectivity index (χ2n) is 8.50. The summed E-state index contributed by atoms with van der Waals surface area (Å²) < 4.78 is 5.73. The van der Waals surface area contributed by atoms with Crippen LogP contribution in [0.5, 0.6) is 5.75 Å². The minimum absolute atomic E-state index is 0.196. The summed E-state index contributed by atoms with van der Waals surface area (Å²) >= 11 is 0. The standard InChI is InChI=1S/C23H30N2O2/c1-16(2)27-20-8-6-18(7-9-20)13-25-14-19-10-11-23(26,21(19)15-25)22-17(3)5-4-12-24-22/h4-9,12,16,19,21,26H,10-11,13-15H2,1-3H3/t19-,21+,23-/m0/s1. The topological polar surface area (TPSA) is 45.6 Å². The molecular weight excluding hydrogens is 336 g/mol. The van der Waals surface area contributed by atoms with Gasteiger partial charge in [0.25, 0.3) is 0 Å². The first-order valence-corrected chi connectivity index (χ1v) is 10.1. The summed E-state index contributed by atoms with van der Waals surface area (Å²) in [6.45, 7) is 9.06. The number of rotatable bonds is 5. The van der Waals surface area contributed by atoms with E-state index in [0.29, 0.717) is 5.92 Å². The van der Waals surface area contributed by atoms with Gasteiger partial charge in [0, 0.05) is 31.7 Å². The highest BCUT2D eigenvalue weighted by atomic mass is 16.5. The third-order valence-corrected chi connectivity index (χ3v) is 6.15. The Morgan fingerprint density at radius 3 is 2.70 bits per heavy atom. The molecule has 1 aliphatic carbocycles. The van der Waals surface area contributed by atoms with E-state index in [-0.39, 0.29) is 12.0 Å². The Hall–Kier alpha value is -1.91. The van der Waals surface area contributed by atoms with Crippen LogP contribution in [-0.4, -0.2) is 34.2 Å². The van der Waals surface area contributed by atoms with Gasteiger partial charge in [0.2, 0.25) is 0 Å². The molecule has 3 atom stereocenters. The average Bonchev–Trinajstić information content (AvgIpc) is 3.17. The Morgan fingerprint density at radius 1 is 1.22 bits per heavy atom. The molecule has 2 fully saturated rings. The molecule has 4 rings (SSSR count). The Balaban J connectivity index is 1.45. The Morgan fingerprint density at radius 2 is 2.00 bits per heavy atom. The molecule has 144 valence electrons. The first kappa shape index (κ1) is 18.5. The smallest absolute Gasteiger partial charge is 0.119 e. The molecule has 1 aliphatic heterocycles. The number of aliphatic hydroxyl groups is 1. The molecule has 1 saturated heterocycles. The van der Waals surface area contributed by atoms with Crippen molar-refractivity contribution in [2.24, 2.45) is 11.8 Å². The largest absolute Gasteiger partial charge is 0.491 e. The zero-order valence-electron chi connectivity index (χ0n) is 16.6. The van der Waals surface area contributed by atoms with E-state index in [0.717, 1.165) is 49.5 Å². The van der Waals surface area contributed by atoms with E-state index in [1.807, 2.05) is 19.9 Å². The number of pyridine rings is 1. The molecule has 4 nitrogen and oxygen atoms in total. The fraction of sp³-hybridized carbons (Fsp3) is 0.522. The van der Waals surface area contributed by atoms with Crippen LogP contribution in [0.1, 0.15) is 43.5 Å². The van der Waals surface area contributed by atoms with Gasteiger partial charge in [-0.15, -0.1) is 0 Å². The van der Waals surface area contributed by atoms with Gasteiger partial charge in [0.05, 0.1) is 11.8 Å². The fourth-order valence-electron chi connectivity index (χ4n) is 4.95. The van der Waals surface area contributed by atoms with Crippen LogP contribution in [0.25, 0.3) is 0 Å². The van der Waals surface area contributed by atoms with Crippen molar-refractivity contribution >= 4 is 0 Å². The SMILES string of the molecule is Cc1cccnc1[C@]1(O)CC[C@H]2CN(Cc3ccc(OC(C)C)cc3)C[C@H]21. The summed E-state index contributed by atoms with van der Waals surface area (Å²) in [6, 6.07) is 12.4. The summed E-state index contributed by atoms with van der Waals surface area (Å²) in [5, 5.41) is 11.5. The maximum absolute atomic E-state index is 11.5. The Labute approximate surface area is 162 Å². The van der Waals surface area contributed by atoms with Crippen molar-refractivity contribution in [1.29, 1.82) is 0 Å². The lowest BCUT2D eigenvalue weighted by molar-refractivity contribution is -0.0114. The molecule has 4 heteroatoms. The summed E-state index contributed by atoms with van der Waals surface area (Å²) in [6.07, 6.45) is 3.91. The van der Waals surface area contributed by atoms with E-state index >= 15 is 0 Å². The number of ether oxygens (including phenoxy) is 1. The highest BCUT2D eigenvalue weighted by Crippen LogP contribution is 2.50. The Bertz CT molecular complexity index is 789. The van der Waals surface area contributed by atoms with Crippen LogP contribution in [-0.2, 0) is 12.1 Å². The van der Waals surface area contributed by atoms with E-state index in [2.05, 4.69) is 47.1 Å². The van der Waals surface area contributed by atoms with Gasteiger partial charge in [-0.05, 0) is 68.9 Å². The van der Waals surface area contributed by atoms with E-state index < -0.39 is 5.60 Å². The molecule has 0 bridgehead atoms. The van der Waals surface area contributed by atoms with Crippen molar-refractivity contribution < 1.29 is 9.84 Å². The second-order valence-corrected chi connectivity index (χ2v) is 8.50. The van der Waals surface area contributed by atoms with Crippen LogP contribution in [0, 0.1) is 18.8 Å². The minimum Gasteiger partial charge on any atom is -0.491 e. The number of benzene rings is 1. The number of nitrogens with zero attached hydrogens (tertiary/aromatic N) is 2. The Kier molecular flexibility index (Phi) is 4.95. The minimum atomic E-state index is -0.778. The number of hydrogen-bond acceptors (Lipinski definition) is 4. The van der Waals surface area contributed by atoms with Crippen LogP contribution < -0.4 is 4.74 Å². The lowest BCUT2D eigenvalue weighted by Crippen LogP contribution is -2.36. The first-order chi connectivity index (χ1) is 13.0. The zero-order valence-corrected chi connectivity index (χ0v) is 16.6.